The predicted octanol–water partition coefficient (Wildman–Crippen LogP) is 3.75. The highest BCUT2D eigenvalue weighted by atomic mass is 31.1. The fourth-order valence-corrected chi connectivity index (χ4v) is 2.26. The third kappa shape index (κ3) is 8.37. The minimum Gasteiger partial charge on any atom is -0.344 e. The monoisotopic (exact) mass is 279 g/mol. The van der Waals surface area contributed by atoms with E-state index in [1.165, 1.54) is 10.6 Å². The van der Waals surface area contributed by atoms with Gasteiger partial charge in [-0.1, -0.05) is 83.1 Å². The fraction of sp³-hybridized carbons (Fsp3) is 0.200. The molecule has 0 aromatic heterocycles. The van der Waals surface area contributed by atoms with E-state index in [-0.39, 0.29) is 6.15 Å². The van der Waals surface area contributed by atoms with E-state index >= 15 is 0 Å². The molecule has 1 atom stereocenters. The molecule has 0 spiro atoms. The Kier molecular flexibility index (Phi) is 9.79. The second-order valence-corrected chi connectivity index (χ2v) is 6.84. The molecule has 1 nitrogen and oxygen atoms in total. The fourth-order valence-electron chi connectivity index (χ4n) is 1.21. The molecule has 0 saturated heterocycles. The van der Waals surface area contributed by atoms with E-state index in [9.17, 15) is 0 Å². The standard InChI is InChI=1S/C12H11P.C3H9P.H3N/c1-3-7-11(8-4-1)13-12-9-5-2-6-10-12;1-3(2)4;/h1-10,13H;3H,4H2,1-2H3;1H3. The van der Waals surface area contributed by atoms with Crippen LogP contribution in [0.4, 0.5) is 0 Å². The van der Waals surface area contributed by atoms with Crippen LogP contribution in [0.2, 0.25) is 0 Å². The van der Waals surface area contributed by atoms with Crippen molar-refractivity contribution >= 4 is 28.4 Å². The van der Waals surface area contributed by atoms with Crippen molar-refractivity contribution in [3.63, 3.8) is 0 Å². The smallest absolute Gasteiger partial charge is 0.0226 e. The van der Waals surface area contributed by atoms with Crippen molar-refractivity contribution in [1.82, 2.24) is 6.15 Å². The van der Waals surface area contributed by atoms with Crippen LogP contribution < -0.4 is 16.8 Å². The minimum absolute atomic E-state index is 0. The normalized spacial score (nSPS) is 9.11. The van der Waals surface area contributed by atoms with Gasteiger partial charge in [0.2, 0.25) is 0 Å². The van der Waals surface area contributed by atoms with Crippen LogP contribution in [0.3, 0.4) is 0 Å². The molecule has 2 aromatic carbocycles. The van der Waals surface area contributed by atoms with Gasteiger partial charge in [0.05, 0.1) is 0 Å². The first-order valence-electron chi connectivity index (χ1n) is 5.81. The van der Waals surface area contributed by atoms with Gasteiger partial charge in [0.15, 0.2) is 0 Å². The maximum atomic E-state index is 2.66. The van der Waals surface area contributed by atoms with Crippen molar-refractivity contribution in [1.29, 1.82) is 0 Å². The van der Waals surface area contributed by atoms with Crippen LogP contribution >= 0.6 is 17.8 Å². The largest absolute Gasteiger partial charge is 0.344 e. The van der Waals surface area contributed by atoms with Crippen molar-refractivity contribution in [3.05, 3.63) is 60.7 Å². The molecule has 0 amide bonds. The van der Waals surface area contributed by atoms with Gasteiger partial charge < -0.3 is 6.15 Å². The summed E-state index contributed by atoms with van der Waals surface area (Å²) >= 11 is 0. The number of hydrogen-bond donors (Lipinski definition) is 1. The third-order valence-corrected chi connectivity index (χ3v) is 3.08. The van der Waals surface area contributed by atoms with Gasteiger partial charge in [-0.05, 0) is 16.3 Å². The second-order valence-electron chi connectivity index (χ2n) is 4.10. The van der Waals surface area contributed by atoms with Crippen LogP contribution in [0, 0.1) is 0 Å². The van der Waals surface area contributed by atoms with Crippen LogP contribution in [0.1, 0.15) is 13.8 Å². The van der Waals surface area contributed by atoms with Gasteiger partial charge in [-0.15, -0.1) is 9.24 Å². The van der Waals surface area contributed by atoms with E-state index < -0.39 is 0 Å². The Labute approximate surface area is 115 Å². The molecule has 2 aromatic rings. The Hall–Kier alpha value is -0.740. The van der Waals surface area contributed by atoms with E-state index in [2.05, 4.69) is 83.8 Å². The maximum Gasteiger partial charge on any atom is -0.0226 e. The first-order valence-corrected chi connectivity index (χ1v) is 7.48. The lowest BCUT2D eigenvalue weighted by Gasteiger charge is -2.00. The van der Waals surface area contributed by atoms with Crippen molar-refractivity contribution < 1.29 is 0 Å². The van der Waals surface area contributed by atoms with E-state index in [4.69, 9.17) is 0 Å². The topological polar surface area (TPSA) is 35.0 Å². The summed E-state index contributed by atoms with van der Waals surface area (Å²) in [6.07, 6.45) is 0. The molecule has 3 heteroatoms. The first-order chi connectivity index (χ1) is 8.18. The van der Waals surface area contributed by atoms with Gasteiger partial charge in [-0.2, -0.15) is 0 Å². The molecule has 98 valence electrons. The van der Waals surface area contributed by atoms with Gasteiger partial charge >= 0.3 is 0 Å². The van der Waals surface area contributed by atoms with Crippen molar-refractivity contribution in [2.45, 2.75) is 19.5 Å². The first kappa shape index (κ1) is 17.3. The number of benzene rings is 2. The molecule has 0 aliphatic rings. The summed E-state index contributed by atoms with van der Waals surface area (Å²) in [4.78, 5) is 0. The van der Waals surface area contributed by atoms with E-state index in [0.717, 1.165) is 14.2 Å². The van der Waals surface area contributed by atoms with E-state index in [0.29, 0.717) is 0 Å². The molecule has 0 radical (unpaired) electrons. The SMILES string of the molecule is CC(C)P.N.c1ccc(Pc2ccccc2)cc1. The molecule has 0 bridgehead atoms. The summed E-state index contributed by atoms with van der Waals surface area (Å²) in [5.41, 5.74) is 0.750. The minimum atomic E-state index is 0. The molecule has 2 rings (SSSR count). The average molecular weight is 279 g/mol. The zero-order chi connectivity index (χ0) is 12.5. The average Bonchev–Trinajstić information content (AvgIpc) is 2.31. The van der Waals surface area contributed by atoms with Gasteiger partial charge in [-0.25, -0.2) is 0 Å². The Morgan fingerprint density at radius 1 is 0.778 bits per heavy atom. The van der Waals surface area contributed by atoms with Crippen LogP contribution in [0.5, 0.6) is 0 Å². The maximum absolute atomic E-state index is 2.66. The molecule has 0 heterocycles. The van der Waals surface area contributed by atoms with Gasteiger partial charge in [0.25, 0.3) is 0 Å². The number of rotatable bonds is 2. The predicted molar refractivity (Wildman–Crippen MR) is 90.3 cm³/mol. The molecule has 1 unspecified atom stereocenters. The summed E-state index contributed by atoms with van der Waals surface area (Å²) in [6, 6.07) is 21.2. The lowest BCUT2D eigenvalue weighted by atomic mass is 10.4. The summed E-state index contributed by atoms with van der Waals surface area (Å²) < 4.78 is 0. The quantitative estimate of drug-likeness (QED) is 0.835. The van der Waals surface area contributed by atoms with Gasteiger partial charge in [0.1, 0.15) is 0 Å². The third-order valence-electron chi connectivity index (χ3n) is 1.84. The van der Waals surface area contributed by atoms with Crippen molar-refractivity contribution in [3.8, 4) is 0 Å². The zero-order valence-electron chi connectivity index (χ0n) is 11.1. The van der Waals surface area contributed by atoms with Crippen LogP contribution in [0.25, 0.3) is 0 Å². The summed E-state index contributed by atoms with van der Waals surface area (Å²) in [5, 5.41) is 2.79. The van der Waals surface area contributed by atoms with Gasteiger partial charge in [0, 0.05) is 0 Å². The zero-order valence-corrected chi connectivity index (χ0v) is 13.3. The second kappa shape index (κ2) is 10.2. The van der Waals surface area contributed by atoms with Gasteiger partial charge in [-0.3, -0.25) is 0 Å². The Morgan fingerprint density at radius 3 is 1.33 bits per heavy atom. The Balaban J connectivity index is 0.000000512. The van der Waals surface area contributed by atoms with E-state index in [1.807, 2.05) is 0 Å². The summed E-state index contributed by atoms with van der Waals surface area (Å²) in [7, 11) is 3.43. The molecule has 0 fully saturated rings. The highest BCUT2D eigenvalue weighted by Crippen LogP contribution is 2.08. The Bertz CT molecular complexity index is 361. The molecular formula is C15H23NP2. The lowest BCUT2D eigenvalue weighted by molar-refractivity contribution is 1.12. The summed E-state index contributed by atoms with van der Waals surface area (Å²) in [5.74, 6) is 0. The molecule has 0 aliphatic heterocycles. The lowest BCUT2D eigenvalue weighted by Crippen LogP contribution is -2.01. The van der Waals surface area contributed by atoms with Crippen LogP contribution in [-0.2, 0) is 0 Å². The molecular weight excluding hydrogens is 256 g/mol. The van der Waals surface area contributed by atoms with Crippen molar-refractivity contribution in [2.24, 2.45) is 0 Å². The molecule has 18 heavy (non-hydrogen) atoms. The molecule has 0 aliphatic carbocycles. The number of hydrogen-bond acceptors (Lipinski definition) is 1. The van der Waals surface area contributed by atoms with Crippen LogP contribution in [-0.4, -0.2) is 5.66 Å². The van der Waals surface area contributed by atoms with Crippen molar-refractivity contribution in [2.75, 3.05) is 0 Å². The highest BCUT2D eigenvalue weighted by Gasteiger charge is 1.92. The molecule has 3 N–H and O–H groups in total. The molecule has 0 saturated carbocycles. The summed E-state index contributed by atoms with van der Waals surface area (Å²) in [6.45, 7) is 4.26. The van der Waals surface area contributed by atoms with E-state index in [1.54, 1.807) is 0 Å². The van der Waals surface area contributed by atoms with Crippen LogP contribution in [0.15, 0.2) is 60.7 Å². The highest BCUT2D eigenvalue weighted by molar-refractivity contribution is 7.55. The Morgan fingerprint density at radius 2 is 1.06 bits per heavy atom.